The first-order chi connectivity index (χ1) is 12.4. The molecule has 0 N–H and O–H groups in total. The van der Waals surface area contributed by atoms with Crippen LogP contribution in [0.25, 0.3) is 0 Å². The molecule has 1 aromatic rings. The van der Waals surface area contributed by atoms with Crippen LogP contribution in [0, 0.1) is 0 Å². The highest BCUT2D eigenvalue weighted by Crippen LogP contribution is 2.19. The lowest BCUT2D eigenvalue weighted by molar-refractivity contribution is -0.154. The zero-order valence-electron chi connectivity index (χ0n) is 16.4. The maximum absolute atomic E-state index is 12.2. The molecular weight excluding hydrogens is 330 g/mol. The maximum atomic E-state index is 12.2. The number of allylic oxidation sites excluding steroid dienone is 1. The van der Waals surface area contributed by atoms with Gasteiger partial charge >= 0.3 is 5.97 Å². The van der Waals surface area contributed by atoms with E-state index in [0.717, 1.165) is 11.3 Å². The van der Waals surface area contributed by atoms with Crippen LogP contribution in [-0.2, 0) is 20.7 Å². The molecule has 0 aliphatic rings. The summed E-state index contributed by atoms with van der Waals surface area (Å²) < 4.78 is 11.4. The molecule has 0 heterocycles. The third-order valence-electron chi connectivity index (χ3n) is 3.99. The molecule has 0 bridgehead atoms. The fourth-order valence-electron chi connectivity index (χ4n) is 2.57. The van der Waals surface area contributed by atoms with Crippen molar-refractivity contribution in [1.29, 1.82) is 0 Å². The molecule has 0 fully saturated rings. The van der Waals surface area contributed by atoms with Crippen molar-refractivity contribution in [3.63, 3.8) is 0 Å². The minimum absolute atomic E-state index is 0.0262. The third kappa shape index (κ3) is 6.90. The molecule has 5 heteroatoms. The maximum Gasteiger partial charge on any atom is 0.305 e. The molecule has 1 amide bonds. The topological polar surface area (TPSA) is 55.8 Å². The normalized spacial score (nSPS) is 11.7. The summed E-state index contributed by atoms with van der Waals surface area (Å²) in [7, 11) is 0. The van der Waals surface area contributed by atoms with Crippen LogP contribution in [0.2, 0.25) is 0 Å². The molecule has 1 unspecified atom stereocenters. The van der Waals surface area contributed by atoms with Crippen LogP contribution < -0.4 is 4.74 Å². The Balaban J connectivity index is 2.88. The van der Waals surface area contributed by atoms with E-state index >= 15 is 0 Å². The second-order valence-electron chi connectivity index (χ2n) is 6.37. The van der Waals surface area contributed by atoms with Gasteiger partial charge in [-0.25, -0.2) is 0 Å². The average Bonchev–Trinajstić information content (AvgIpc) is 2.64. The van der Waals surface area contributed by atoms with Gasteiger partial charge in [-0.05, 0) is 31.9 Å². The number of hydrogen-bond donors (Lipinski definition) is 0. The minimum atomic E-state index is -0.517. The summed E-state index contributed by atoms with van der Waals surface area (Å²) in [6, 6.07) is 7.73. The standard InChI is InChI=1S/C21H31NO4/c1-6-11-17-12-9-10-13-19(17)25-15-18(26-21(24)8-3)14-22(16(4)5)20(23)7-2/h6,9-10,12-13,16,18H,1,7-8,11,14-15H2,2-5H3. The number of nitrogens with zero attached hydrogens (tertiary/aromatic N) is 1. The van der Waals surface area contributed by atoms with E-state index in [1.165, 1.54) is 0 Å². The first-order valence-corrected chi connectivity index (χ1v) is 9.23. The molecule has 0 saturated carbocycles. The van der Waals surface area contributed by atoms with Crippen LogP contribution in [-0.4, -0.2) is 42.1 Å². The Kier molecular flexibility index (Phi) is 9.48. The summed E-state index contributed by atoms with van der Waals surface area (Å²) in [6.07, 6.45) is 2.69. The van der Waals surface area contributed by atoms with Crippen LogP contribution in [0.1, 0.15) is 46.1 Å². The Morgan fingerprint density at radius 1 is 1.19 bits per heavy atom. The predicted molar refractivity (Wildman–Crippen MR) is 103 cm³/mol. The summed E-state index contributed by atoms with van der Waals surface area (Å²) in [4.78, 5) is 25.7. The van der Waals surface area contributed by atoms with Gasteiger partial charge in [0.25, 0.3) is 0 Å². The van der Waals surface area contributed by atoms with Gasteiger partial charge in [-0.1, -0.05) is 38.1 Å². The molecule has 0 aliphatic carbocycles. The molecule has 0 radical (unpaired) electrons. The second kappa shape index (κ2) is 11.3. The van der Waals surface area contributed by atoms with Crippen molar-refractivity contribution in [3.8, 4) is 5.75 Å². The summed E-state index contributed by atoms with van der Waals surface area (Å²) in [6.45, 7) is 11.8. The highest BCUT2D eigenvalue weighted by atomic mass is 16.6. The number of hydrogen-bond acceptors (Lipinski definition) is 4. The number of benzene rings is 1. The first kappa shape index (κ1) is 21.7. The molecule has 1 rings (SSSR count). The van der Waals surface area contributed by atoms with Crippen molar-refractivity contribution >= 4 is 11.9 Å². The highest BCUT2D eigenvalue weighted by molar-refractivity contribution is 5.76. The first-order valence-electron chi connectivity index (χ1n) is 9.23. The van der Waals surface area contributed by atoms with E-state index in [1.54, 1.807) is 11.8 Å². The molecule has 0 aromatic heterocycles. The monoisotopic (exact) mass is 361 g/mol. The zero-order valence-corrected chi connectivity index (χ0v) is 16.4. The van der Waals surface area contributed by atoms with E-state index in [-0.39, 0.29) is 30.9 Å². The van der Waals surface area contributed by atoms with Crippen LogP contribution in [0.5, 0.6) is 5.75 Å². The second-order valence-corrected chi connectivity index (χ2v) is 6.37. The zero-order chi connectivity index (χ0) is 19.5. The van der Waals surface area contributed by atoms with Crippen molar-refractivity contribution in [2.75, 3.05) is 13.2 Å². The van der Waals surface area contributed by atoms with E-state index in [0.29, 0.717) is 19.4 Å². The van der Waals surface area contributed by atoms with Crippen LogP contribution in [0.4, 0.5) is 0 Å². The Bertz CT molecular complexity index is 597. The molecule has 1 atom stereocenters. The van der Waals surface area contributed by atoms with Gasteiger partial charge in [0, 0.05) is 18.9 Å². The summed E-state index contributed by atoms with van der Waals surface area (Å²) in [5, 5.41) is 0. The Hall–Kier alpha value is -2.30. The Morgan fingerprint density at radius 3 is 2.46 bits per heavy atom. The van der Waals surface area contributed by atoms with Gasteiger partial charge in [-0.2, -0.15) is 0 Å². The van der Waals surface area contributed by atoms with Gasteiger partial charge in [-0.3, -0.25) is 9.59 Å². The number of ether oxygens (including phenoxy) is 2. The molecule has 0 saturated heterocycles. The van der Waals surface area contributed by atoms with Crippen molar-refractivity contribution in [3.05, 3.63) is 42.5 Å². The number of esters is 1. The Labute approximate surface area is 157 Å². The molecule has 144 valence electrons. The molecular formula is C21H31NO4. The molecule has 0 aliphatic heterocycles. The molecule has 5 nitrogen and oxygen atoms in total. The average molecular weight is 361 g/mol. The number of carbonyl (C=O) groups excluding carboxylic acids is 2. The van der Waals surface area contributed by atoms with Crippen molar-refractivity contribution in [1.82, 2.24) is 4.90 Å². The van der Waals surface area contributed by atoms with Crippen molar-refractivity contribution in [2.24, 2.45) is 0 Å². The summed E-state index contributed by atoms with van der Waals surface area (Å²) in [5.41, 5.74) is 1.02. The van der Waals surface area contributed by atoms with Crippen molar-refractivity contribution in [2.45, 2.75) is 59.1 Å². The van der Waals surface area contributed by atoms with Gasteiger partial charge < -0.3 is 14.4 Å². The van der Waals surface area contributed by atoms with Gasteiger partial charge in [0.15, 0.2) is 6.10 Å². The van der Waals surface area contributed by atoms with Crippen molar-refractivity contribution < 1.29 is 19.1 Å². The molecule has 26 heavy (non-hydrogen) atoms. The van der Waals surface area contributed by atoms with E-state index in [4.69, 9.17) is 9.47 Å². The lowest BCUT2D eigenvalue weighted by Crippen LogP contribution is -2.45. The third-order valence-corrected chi connectivity index (χ3v) is 3.99. The largest absolute Gasteiger partial charge is 0.489 e. The molecule has 0 spiro atoms. The number of carbonyl (C=O) groups is 2. The fourth-order valence-corrected chi connectivity index (χ4v) is 2.57. The predicted octanol–water partition coefficient (Wildman–Crippen LogP) is 3.76. The van der Waals surface area contributed by atoms with E-state index in [2.05, 4.69) is 6.58 Å². The Morgan fingerprint density at radius 2 is 1.88 bits per heavy atom. The van der Waals surface area contributed by atoms with Crippen LogP contribution in [0.15, 0.2) is 36.9 Å². The van der Waals surface area contributed by atoms with E-state index in [9.17, 15) is 9.59 Å². The number of rotatable bonds is 11. The van der Waals surface area contributed by atoms with E-state index in [1.807, 2.05) is 51.1 Å². The summed E-state index contributed by atoms with van der Waals surface area (Å²) in [5.74, 6) is 0.470. The lowest BCUT2D eigenvalue weighted by atomic mass is 10.1. The minimum Gasteiger partial charge on any atom is -0.489 e. The smallest absolute Gasteiger partial charge is 0.305 e. The SMILES string of the molecule is C=CCc1ccccc1OCC(CN(C(=O)CC)C(C)C)OC(=O)CC. The highest BCUT2D eigenvalue weighted by Gasteiger charge is 2.23. The van der Waals surface area contributed by atoms with Gasteiger partial charge in [0.05, 0.1) is 6.54 Å². The van der Waals surface area contributed by atoms with Crippen LogP contribution >= 0.6 is 0 Å². The van der Waals surface area contributed by atoms with Gasteiger partial charge in [-0.15, -0.1) is 6.58 Å². The van der Waals surface area contributed by atoms with Gasteiger partial charge in [0.1, 0.15) is 12.4 Å². The van der Waals surface area contributed by atoms with E-state index < -0.39 is 6.10 Å². The molecule has 1 aromatic carbocycles. The fraction of sp³-hybridized carbons (Fsp3) is 0.524. The lowest BCUT2D eigenvalue weighted by Gasteiger charge is -2.30. The number of amides is 1. The summed E-state index contributed by atoms with van der Waals surface area (Å²) >= 11 is 0. The number of para-hydroxylation sites is 1. The van der Waals surface area contributed by atoms with Gasteiger partial charge in [0.2, 0.25) is 5.91 Å². The quantitative estimate of drug-likeness (QED) is 0.445. The van der Waals surface area contributed by atoms with Crippen LogP contribution in [0.3, 0.4) is 0 Å².